The number of carbonyl (C=O) groups excluding carboxylic acids is 1. The summed E-state index contributed by atoms with van der Waals surface area (Å²) in [7, 11) is 0. The van der Waals surface area contributed by atoms with Crippen LogP contribution in [-0.2, 0) is 0 Å². The topological polar surface area (TPSA) is 39.2 Å². The Morgan fingerprint density at radius 2 is 1.40 bits per heavy atom. The summed E-state index contributed by atoms with van der Waals surface area (Å²) >= 11 is 0. The molecule has 1 aromatic heterocycles. The minimum Gasteiger partial charge on any atom is -0.457 e. The van der Waals surface area contributed by atoms with Gasteiger partial charge in [0, 0.05) is 28.9 Å². The van der Waals surface area contributed by atoms with E-state index in [1.807, 2.05) is 54.6 Å². The number of fused-ring (bicyclic) bond motifs is 1. The molecule has 0 saturated heterocycles. The van der Waals surface area contributed by atoms with E-state index in [1.165, 1.54) is 0 Å². The normalized spacial score (nSPS) is 10.6. The Hall–Kier alpha value is -3.46. The maximum atomic E-state index is 12.8. The SMILES string of the molecule is O=C(c1ccc(Oc2ccccc2)cc1)c1cncc2ccccc12. The van der Waals surface area contributed by atoms with E-state index in [-0.39, 0.29) is 5.78 Å². The molecule has 0 saturated carbocycles. The number of aromatic nitrogens is 1. The van der Waals surface area contributed by atoms with E-state index in [4.69, 9.17) is 4.74 Å². The van der Waals surface area contributed by atoms with Gasteiger partial charge in [-0.3, -0.25) is 9.78 Å². The molecule has 3 aromatic carbocycles. The maximum Gasteiger partial charge on any atom is 0.195 e. The molecular formula is C22H15NO2. The first-order valence-corrected chi connectivity index (χ1v) is 8.02. The smallest absolute Gasteiger partial charge is 0.195 e. The molecule has 0 aliphatic carbocycles. The van der Waals surface area contributed by atoms with Gasteiger partial charge in [0.05, 0.1) is 0 Å². The van der Waals surface area contributed by atoms with Crippen LogP contribution in [0.15, 0.2) is 91.3 Å². The van der Waals surface area contributed by atoms with E-state index in [0.717, 1.165) is 16.5 Å². The molecule has 1 heterocycles. The highest BCUT2D eigenvalue weighted by molar-refractivity contribution is 6.16. The van der Waals surface area contributed by atoms with E-state index in [0.29, 0.717) is 16.9 Å². The van der Waals surface area contributed by atoms with Crippen LogP contribution in [0.25, 0.3) is 10.8 Å². The van der Waals surface area contributed by atoms with Crippen LogP contribution in [0.2, 0.25) is 0 Å². The summed E-state index contributed by atoms with van der Waals surface area (Å²) in [5.41, 5.74) is 1.22. The Bertz CT molecular complexity index is 1020. The highest BCUT2D eigenvalue weighted by Crippen LogP contribution is 2.24. The zero-order valence-corrected chi connectivity index (χ0v) is 13.4. The van der Waals surface area contributed by atoms with E-state index < -0.39 is 0 Å². The largest absolute Gasteiger partial charge is 0.457 e. The van der Waals surface area contributed by atoms with Crippen molar-refractivity contribution < 1.29 is 9.53 Å². The molecule has 0 fully saturated rings. The Kier molecular flexibility index (Phi) is 3.97. The van der Waals surface area contributed by atoms with Crippen molar-refractivity contribution in [2.75, 3.05) is 0 Å². The quantitative estimate of drug-likeness (QED) is 0.481. The van der Waals surface area contributed by atoms with Crippen LogP contribution in [0.4, 0.5) is 0 Å². The molecule has 0 atom stereocenters. The summed E-state index contributed by atoms with van der Waals surface area (Å²) in [5.74, 6) is 1.41. The molecule has 0 spiro atoms. The van der Waals surface area contributed by atoms with Gasteiger partial charge in [-0.05, 0) is 41.8 Å². The fraction of sp³-hybridized carbons (Fsp3) is 0. The van der Waals surface area contributed by atoms with E-state index >= 15 is 0 Å². The summed E-state index contributed by atoms with van der Waals surface area (Å²) in [5, 5.41) is 1.87. The standard InChI is InChI=1S/C22H15NO2/c24-22(21-15-23-14-17-6-4-5-9-20(17)21)16-10-12-19(13-11-16)25-18-7-2-1-3-8-18/h1-15H. The third-order valence-corrected chi connectivity index (χ3v) is 4.01. The minimum atomic E-state index is -0.0458. The number of para-hydroxylation sites is 1. The molecule has 25 heavy (non-hydrogen) atoms. The van der Waals surface area contributed by atoms with Crippen LogP contribution in [-0.4, -0.2) is 10.8 Å². The molecule has 4 aromatic rings. The molecule has 0 amide bonds. The third kappa shape index (κ3) is 3.12. The van der Waals surface area contributed by atoms with Crippen molar-refractivity contribution in [3.05, 3.63) is 102 Å². The Morgan fingerprint density at radius 1 is 0.720 bits per heavy atom. The van der Waals surface area contributed by atoms with Crippen molar-refractivity contribution in [3.63, 3.8) is 0 Å². The van der Waals surface area contributed by atoms with Gasteiger partial charge < -0.3 is 4.74 Å². The first kappa shape index (κ1) is 15.1. The summed E-state index contributed by atoms with van der Waals surface area (Å²) in [6.07, 6.45) is 3.39. The van der Waals surface area contributed by atoms with Gasteiger partial charge in [-0.25, -0.2) is 0 Å². The number of pyridine rings is 1. The Labute approximate surface area is 145 Å². The van der Waals surface area contributed by atoms with E-state index in [2.05, 4.69) is 4.98 Å². The van der Waals surface area contributed by atoms with Crippen molar-refractivity contribution in [2.24, 2.45) is 0 Å². The lowest BCUT2D eigenvalue weighted by molar-refractivity contribution is 0.104. The highest BCUT2D eigenvalue weighted by atomic mass is 16.5. The van der Waals surface area contributed by atoms with Gasteiger partial charge in [-0.1, -0.05) is 42.5 Å². The molecule has 0 radical (unpaired) electrons. The number of hydrogen-bond donors (Lipinski definition) is 0. The Balaban J connectivity index is 1.62. The minimum absolute atomic E-state index is 0.0458. The molecule has 4 rings (SSSR count). The predicted octanol–water partition coefficient (Wildman–Crippen LogP) is 5.26. The fourth-order valence-electron chi connectivity index (χ4n) is 2.75. The number of ketones is 1. The van der Waals surface area contributed by atoms with Crippen LogP contribution < -0.4 is 4.74 Å². The second kappa shape index (κ2) is 6.57. The lowest BCUT2D eigenvalue weighted by atomic mass is 10.00. The van der Waals surface area contributed by atoms with Crippen molar-refractivity contribution in [3.8, 4) is 11.5 Å². The number of carbonyl (C=O) groups is 1. The predicted molar refractivity (Wildman–Crippen MR) is 98.1 cm³/mol. The molecule has 0 aliphatic heterocycles. The van der Waals surface area contributed by atoms with Gasteiger partial charge in [-0.2, -0.15) is 0 Å². The number of benzene rings is 3. The van der Waals surface area contributed by atoms with Gasteiger partial charge >= 0.3 is 0 Å². The average Bonchev–Trinajstić information content (AvgIpc) is 2.68. The zero-order valence-electron chi connectivity index (χ0n) is 13.4. The summed E-state index contributed by atoms with van der Waals surface area (Å²) in [6, 6.07) is 24.5. The second-order valence-corrected chi connectivity index (χ2v) is 5.68. The first-order valence-electron chi connectivity index (χ1n) is 8.02. The van der Waals surface area contributed by atoms with Crippen LogP contribution in [0, 0.1) is 0 Å². The number of nitrogens with zero attached hydrogens (tertiary/aromatic N) is 1. The van der Waals surface area contributed by atoms with Gasteiger partial charge in [-0.15, -0.1) is 0 Å². The van der Waals surface area contributed by atoms with E-state index in [1.54, 1.807) is 36.7 Å². The molecular weight excluding hydrogens is 310 g/mol. The zero-order chi connectivity index (χ0) is 17.1. The summed E-state index contributed by atoms with van der Waals surface area (Å²) in [6.45, 7) is 0. The molecule has 120 valence electrons. The van der Waals surface area contributed by atoms with Gasteiger partial charge in [0.2, 0.25) is 0 Å². The van der Waals surface area contributed by atoms with Crippen LogP contribution in [0.3, 0.4) is 0 Å². The maximum absolute atomic E-state index is 12.8. The molecule has 0 N–H and O–H groups in total. The number of ether oxygens (including phenoxy) is 1. The van der Waals surface area contributed by atoms with Crippen LogP contribution in [0.1, 0.15) is 15.9 Å². The monoisotopic (exact) mass is 325 g/mol. The molecule has 3 heteroatoms. The summed E-state index contributed by atoms with van der Waals surface area (Å²) < 4.78 is 5.77. The van der Waals surface area contributed by atoms with E-state index in [9.17, 15) is 4.79 Å². The highest BCUT2D eigenvalue weighted by Gasteiger charge is 2.13. The summed E-state index contributed by atoms with van der Waals surface area (Å²) in [4.78, 5) is 17.0. The molecule has 0 bridgehead atoms. The molecule has 0 unspecified atom stereocenters. The van der Waals surface area contributed by atoms with Gasteiger partial charge in [0.25, 0.3) is 0 Å². The van der Waals surface area contributed by atoms with Crippen molar-refractivity contribution >= 4 is 16.6 Å². The van der Waals surface area contributed by atoms with Crippen LogP contribution >= 0.6 is 0 Å². The third-order valence-electron chi connectivity index (χ3n) is 4.01. The van der Waals surface area contributed by atoms with Gasteiger partial charge in [0.1, 0.15) is 11.5 Å². The lowest BCUT2D eigenvalue weighted by Gasteiger charge is -2.08. The lowest BCUT2D eigenvalue weighted by Crippen LogP contribution is -2.02. The number of rotatable bonds is 4. The van der Waals surface area contributed by atoms with Crippen molar-refractivity contribution in [1.29, 1.82) is 0 Å². The first-order chi connectivity index (χ1) is 12.3. The van der Waals surface area contributed by atoms with Crippen molar-refractivity contribution in [2.45, 2.75) is 0 Å². The fourth-order valence-corrected chi connectivity index (χ4v) is 2.75. The second-order valence-electron chi connectivity index (χ2n) is 5.68. The van der Waals surface area contributed by atoms with Crippen molar-refractivity contribution in [1.82, 2.24) is 4.98 Å². The Morgan fingerprint density at radius 3 is 2.20 bits per heavy atom. The van der Waals surface area contributed by atoms with Gasteiger partial charge in [0.15, 0.2) is 5.78 Å². The average molecular weight is 325 g/mol. The number of hydrogen-bond acceptors (Lipinski definition) is 3. The van der Waals surface area contributed by atoms with Crippen LogP contribution in [0.5, 0.6) is 11.5 Å². The molecule has 0 aliphatic rings. The molecule has 3 nitrogen and oxygen atoms in total.